The molecule has 0 spiro atoms. The molecule has 3 unspecified atom stereocenters. The second-order valence-corrected chi connectivity index (χ2v) is 10.6. The maximum absolute atomic E-state index is 13.3. The molecule has 2 bridgehead atoms. The van der Waals surface area contributed by atoms with Gasteiger partial charge in [-0.1, -0.05) is 38.2 Å². The molecule has 0 saturated heterocycles. The van der Waals surface area contributed by atoms with Crippen LogP contribution >= 0.6 is 0 Å². The quantitative estimate of drug-likeness (QED) is 0.378. The minimum atomic E-state index is -0.993. The Bertz CT molecular complexity index is 1010. The average Bonchev–Trinajstić information content (AvgIpc) is 2.88. The third kappa shape index (κ3) is 8.56. The van der Waals surface area contributed by atoms with Crippen LogP contribution in [-0.4, -0.2) is 79.4 Å². The fourth-order valence-electron chi connectivity index (χ4n) is 5.24. The van der Waals surface area contributed by atoms with Gasteiger partial charge in [0.2, 0.25) is 5.91 Å². The van der Waals surface area contributed by atoms with Crippen LogP contribution in [0.5, 0.6) is 0 Å². The van der Waals surface area contributed by atoms with E-state index in [1.807, 2.05) is 6.92 Å². The van der Waals surface area contributed by atoms with Crippen LogP contribution in [-0.2, 0) is 28.6 Å². The first-order chi connectivity index (χ1) is 18.3. The number of rotatable bonds is 3. The Hall–Kier alpha value is -2.86. The number of ketones is 2. The lowest BCUT2D eigenvalue weighted by Gasteiger charge is -2.34. The summed E-state index contributed by atoms with van der Waals surface area (Å²) in [5.74, 6) is -2.39. The summed E-state index contributed by atoms with van der Waals surface area (Å²) < 4.78 is 16.5. The molecule has 11 heteroatoms. The molecule has 2 aliphatic rings. The molecular formula is C28H43N3O8. The predicted molar refractivity (Wildman–Crippen MR) is 144 cm³/mol. The van der Waals surface area contributed by atoms with Gasteiger partial charge in [0.05, 0.1) is 24.3 Å². The lowest BCUT2D eigenvalue weighted by Crippen LogP contribution is -2.57. The number of ether oxygens (including phenoxy) is 3. The maximum atomic E-state index is 13.3. The highest BCUT2D eigenvalue weighted by atomic mass is 16.6. The van der Waals surface area contributed by atoms with Crippen molar-refractivity contribution >= 4 is 23.6 Å². The maximum Gasteiger partial charge on any atom is 0.405 e. The van der Waals surface area contributed by atoms with Gasteiger partial charge in [-0.05, 0) is 38.2 Å². The molecule has 0 aromatic carbocycles. The summed E-state index contributed by atoms with van der Waals surface area (Å²) >= 11 is 0. The van der Waals surface area contributed by atoms with Crippen molar-refractivity contribution in [3.8, 4) is 0 Å². The summed E-state index contributed by atoms with van der Waals surface area (Å²) in [4.78, 5) is 50.5. The van der Waals surface area contributed by atoms with E-state index in [0.29, 0.717) is 24.0 Å². The van der Waals surface area contributed by atoms with E-state index < -0.39 is 60.3 Å². The second-order valence-electron chi connectivity index (χ2n) is 10.6. The number of hydrogen-bond acceptors (Lipinski definition) is 9. The number of Topliss-reactive ketones (excluding diaryl/α,β-unsaturated/α-hetero) is 2. The number of carbonyl (C=O) groups is 4. The molecule has 9 atom stereocenters. The van der Waals surface area contributed by atoms with Crippen molar-refractivity contribution in [2.24, 2.45) is 29.2 Å². The van der Waals surface area contributed by atoms with Crippen LogP contribution in [0.3, 0.4) is 0 Å². The van der Waals surface area contributed by atoms with Gasteiger partial charge in [0, 0.05) is 38.0 Å². The van der Waals surface area contributed by atoms with Crippen LogP contribution in [0, 0.1) is 17.8 Å². The second kappa shape index (κ2) is 14.5. The van der Waals surface area contributed by atoms with Crippen molar-refractivity contribution in [3.63, 3.8) is 0 Å². The van der Waals surface area contributed by atoms with Gasteiger partial charge in [0.15, 0.2) is 17.7 Å². The third-order valence-electron chi connectivity index (χ3n) is 7.53. The van der Waals surface area contributed by atoms with E-state index in [4.69, 9.17) is 25.7 Å². The summed E-state index contributed by atoms with van der Waals surface area (Å²) in [5, 5.41) is 13.8. The predicted octanol–water partition coefficient (Wildman–Crippen LogP) is 1.33. The largest absolute Gasteiger partial charge is 0.439 e. The van der Waals surface area contributed by atoms with Crippen molar-refractivity contribution in [2.45, 2.75) is 83.5 Å². The normalized spacial score (nSPS) is 35.6. The van der Waals surface area contributed by atoms with E-state index in [1.165, 1.54) is 20.3 Å². The van der Waals surface area contributed by atoms with Crippen molar-refractivity contribution in [3.05, 3.63) is 35.5 Å². The summed E-state index contributed by atoms with van der Waals surface area (Å²) in [7, 11) is 2.93. The standard InChI is InChI=1S/C28H43N3O8/c1-14-10-18-23(29)20(32)13-19(25(18)34)31-27(35)15(2)8-7-9-21(37-5)26(39-28(30)36)17(4)12-16(3)24(33)22(11-14)38-6/h7-9,12,14,16,18-19,21-24,26,33H,10-11,13,29H2,1-6H3,(H2,30,36)(H,31,35)/t14-,16+,18?,19?,21+,22+,23?,24-,26+/m1/s1. The molecule has 39 heavy (non-hydrogen) atoms. The molecule has 218 valence electrons. The Morgan fingerprint density at radius 1 is 1.10 bits per heavy atom. The number of allylic oxidation sites excluding steroid dienone is 2. The van der Waals surface area contributed by atoms with Gasteiger partial charge >= 0.3 is 6.09 Å². The smallest absolute Gasteiger partial charge is 0.405 e. The molecule has 1 aliphatic carbocycles. The van der Waals surface area contributed by atoms with Crippen LogP contribution in [0.15, 0.2) is 35.5 Å². The molecule has 6 N–H and O–H groups in total. The minimum absolute atomic E-state index is 0.138. The van der Waals surface area contributed by atoms with Crippen molar-refractivity contribution in [1.82, 2.24) is 5.32 Å². The summed E-state index contributed by atoms with van der Waals surface area (Å²) in [6, 6.07) is -1.93. The van der Waals surface area contributed by atoms with Crippen LogP contribution in [0.1, 0.15) is 47.0 Å². The Balaban J connectivity index is 2.53. The number of nitrogens with two attached hydrogens (primary N) is 2. The number of primary amides is 1. The Morgan fingerprint density at radius 3 is 2.36 bits per heavy atom. The number of carbonyl (C=O) groups excluding carboxylic acids is 4. The van der Waals surface area contributed by atoms with E-state index in [1.54, 1.807) is 39.0 Å². The van der Waals surface area contributed by atoms with Crippen molar-refractivity contribution in [2.75, 3.05) is 14.2 Å². The molecule has 0 radical (unpaired) electrons. The topological polar surface area (TPSA) is 180 Å². The number of nitrogens with one attached hydrogen (secondary N) is 1. The Morgan fingerprint density at radius 2 is 1.77 bits per heavy atom. The Labute approximate surface area is 230 Å². The van der Waals surface area contributed by atoms with Gasteiger partial charge in [0.25, 0.3) is 0 Å². The molecule has 2 rings (SSSR count). The van der Waals surface area contributed by atoms with Crippen LogP contribution in [0.2, 0.25) is 0 Å². The first-order valence-electron chi connectivity index (χ1n) is 13.2. The molecule has 0 aromatic heterocycles. The van der Waals surface area contributed by atoms with Gasteiger partial charge in [0.1, 0.15) is 6.10 Å². The van der Waals surface area contributed by atoms with Crippen LogP contribution < -0.4 is 16.8 Å². The number of amides is 2. The molecule has 1 aliphatic heterocycles. The van der Waals surface area contributed by atoms with Gasteiger partial charge in [-0.25, -0.2) is 4.79 Å². The molecular weight excluding hydrogens is 506 g/mol. The highest BCUT2D eigenvalue weighted by Crippen LogP contribution is 2.29. The lowest BCUT2D eigenvalue weighted by molar-refractivity contribution is -0.138. The molecule has 1 heterocycles. The van der Waals surface area contributed by atoms with Crippen LogP contribution in [0.4, 0.5) is 4.79 Å². The number of methoxy groups -OCH3 is 2. The van der Waals surface area contributed by atoms with Crippen molar-refractivity contribution in [1.29, 1.82) is 0 Å². The van der Waals surface area contributed by atoms with Gasteiger partial charge in [-0.2, -0.15) is 0 Å². The van der Waals surface area contributed by atoms with Crippen molar-refractivity contribution < 1.29 is 38.5 Å². The van der Waals surface area contributed by atoms with E-state index in [9.17, 15) is 24.3 Å². The van der Waals surface area contributed by atoms with E-state index in [-0.39, 0.29) is 23.9 Å². The molecule has 1 fully saturated rings. The zero-order valence-electron chi connectivity index (χ0n) is 23.6. The number of hydrogen-bond donors (Lipinski definition) is 4. The van der Waals surface area contributed by atoms with E-state index >= 15 is 0 Å². The third-order valence-corrected chi connectivity index (χ3v) is 7.53. The molecule has 2 amide bonds. The molecule has 1 saturated carbocycles. The van der Waals surface area contributed by atoms with E-state index in [0.717, 1.165) is 0 Å². The van der Waals surface area contributed by atoms with Crippen LogP contribution in [0.25, 0.3) is 0 Å². The minimum Gasteiger partial charge on any atom is -0.439 e. The first-order valence-corrected chi connectivity index (χ1v) is 13.2. The zero-order chi connectivity index (χ0) is 29.4. The zero-order valence-corrected chi connectivity index (χ0v) is 23.6. The summed E-state index contributed by atoms with van der Waals surface area (Å²) in [6.45, 7) is 7.01. The average molecular weight is 550 g/mol. The molecule has 0 aromatic rings. The van der Waals surface area contributed by atoms with Gasteiger partial charge in [-0.15, -0.1) is 0 Å². The fourth-order valence-corrected chi connectivity index (χ4v) is 5.24. The summed E-state index contributed by atoms with van der Waals surface area (Å²) in [6.07, 6.45) is 2.80. The highest BCUT2D eigenvalue weighted by molar-refractivity contribution is 6.05. The Kier molecular flexibility index (Phi) is 12.0. The van der Waals surface area contributed by atoms with E-state index in [2.05, 4.69) is 5.32 Å². The summed E-state index contributed by atoms with van der Waals surface area (Å²) in [5.41, 5.74) is 12.3. The first kappa shape index (κ1) is 32.4. The number of aliphatic hydroxyl groups is 1. The number of aliphatic hydroxyl groups excluding tert-OH is 1. The van der Waals surface area contributed by atoms with Gasteiger partial charge < -0.3 is 36.1 Å². The number of fused-ring (bicyclic) bond motifs is 2. The molecule has 11 nitrogen and oxygen atoms in total. The highest BCUT2D eigenvalue weighted by Gasteiger charge is 2.43. The monoisotopic (exact) mass is 549 g/mol. The lowest BCUT2D eigenvalue weighted by atomic mass is 9.74. The van der Waals surface area contributed by atoms with Gasteiger partial charge in [-0.3, -0.25) is 14.4 Å². The SMILES string of the molecule is CO[C@H]1C=CC=C(C)C(=O)NC2CC(=O)C(N)C(C[C@@H](C)C[C@H](OC)[C@H](O)[C@@H](C)C=C(C)[C@@H]1OC(N)=O)C2=O. The fraction of sp³-hybridized carbons (Fsp3) is 0.643.